The van der Waals surface area contributed by atoms with Gasteiger partial charge in [0, 0.05) is 12.4 Å². The van der Waals surface area contributed by atoms with Crippen LogP contribution in [0.1, 0.15) is 9.67 Å². The van der Waals surface area contributed by atoms with Gasteiger partial charge in [-0.3, -0.25) is 4.79 Å². The van der Waals surface area contributed by atoms with Gasteiger partial charge in [-0.2, -0.15) is 5.10 Å². The SMILES string of the molecule is O=C(c1ccc(Cl)s1)n1cccn1. The van der Waals surface area contributed by atoms with Crippen molar-refractivity contribution in [1.82, 2.24) is 9.78 Å². The average Bonchev–Trinajstić information content (AvgIpc) is 2.72. The second-order valence-electron chi connectivity index (χ2n) is 2.36. The molecule has 0 radical (unpaired) electrons. The lowest BCUT2D eigenvalue weighted by Gasteiger charge is -1.94. The highest BCUT2D eigenvalue weighted by molar-refractivity contribution is 7.18. The van der Waals surface area contributed by atoms with E-state index < -0.39 is 0 Å². The van der Waals surface area contributed by atoms with E-state index in [2.05, 4.69) is 5.10 Å². The molecule has 2 heterocycles. The summed E-state index contributed by atoms with van der Waals surface area (Å²) in [6.45, 7) is 0. The van der Waals surface area contributed by atoms with E-state index in [4.69, 9.17) is 11.6 Å². The fraction of sp³-hybridized carbons (Fsp3) is 0. The summed E-state index contributed by atoms with van der Waals surface area (Å²) < 4.78 is 1.89. The highest BCUT2D eigenvalue weighted by Gasteiger charge is 2.10. The fourth-order valence-corrected chi connectivity index (χ4v) is 1.91. The minimum absolute atomic E-state index is 0.151. The first kappa shape index (κ1) is 8.47. The van der Waals surface area contributed by atoms with Gasteiger partial charge in [0.1, 0.15) is 0 Å². The van der Waals surface area contributed by atoms with Gasteiger partial charge in [-0.25, -0.2) is 4.68 Å². The number of carbonyl (C=O) groups excluding carboxylic acids is 1. The van der Waals surface area contributed by atoms with Crippen molar-refractivity contribution in [2.75, 3.05) is 0 Å². The summed E-state index contributed by atoms with van der Waals surface area (Å²) in [5, 5.41) is 3.83. The number of rotatable bonds is 1. The van der Waals surface area contributed by atoms with Crippen LogP contribution in [0.15, 0.2) is 30.6 Å². The number of hydrogen-bond donors (Lipinski definition) is 0. The first-order chi connectivity index (χ1) is 6.27. The minimum Gasteiger partial charge on any atom is -0.266 e. The number of halogens is 1. The summed E-state index contributed by atoms with van der Waals surface area (Å²) in [7, 11) is 0. The van der Waals surface area contributed by atoms with Crippen molar-refractivity contribution in [3.63, 3.8) is 0 Å². The van der Waals surface area contributed by atoms with Crippen LogP contribution in [0.3, 0.4) is 0 Å². The zero-order valence-electron chi connectivity index (χ0n) is 6.48. The molecule has 0 amide bonds. The fourth-order valence-electron chi connectivity index (χ4n) is 0.931. The third kappa shape index (κ3) is 1.64. The number of nitrogens with zero attached hydrogens (tertiary/aromatic N) is 2. The summed E-state index contributed by atoms with van der Waals surface area (Å²) in [6, 6.07) is 5.09. The molecule has 0 bridgehead atoms. The van der Waals surface area contributed by atoms with Crippen molar-refractivity contribution in [1.29, 1.82) is 0 Å². The molecule has 0 fully saturated rings. The molecule has 0 spiro atoms. The number of thiophene rings is 1. The normalized spacial score (nSPS) is 10.2. The summed E-state index contributed by atoms with van der Waals surface area (Å²) in [5.41, 5.74) is 0. The lowest BCUT2D eigenvalue weighted by Crippen LogP contribution is -2.10. The molecule has 0 aliphatic heterocycles. The van der Waals surface area contributed by atoms with Crippen LogP contribution in [0.2, 0.25) is 4.34 Å². The molecule has 0 aliphatic carbocycles. The molecular weight excluding hydrogens is 208 g/mol. The van der Waals surface area contributed by atoms with Crippen LogP contribution in [0.25, 0.3) is 0 Å². The van der Waals surface area contributed by atoms with Crippen LogP contribution < -0.4 is 0 Å². The lowest BCUT2D eigenvalue weighted by atomic mass is 10.4. The zero-order chi connectivity index (χ0) is 9.26. The molecule has 5 heteroatoms. The van der Waals surface area contributed by atoms with Crippen LogP contribution in [-0.4, -0.2) is 15.7 Å². The Bertz CT molecular complexity index is 421. The molecule has 0 saturated carbocycles. The monoisotopic (exact) mass is 212 g/mol. The Hall–Kier alpha value is -1.13. The molecule has 0 N–H and O–H groups in total. The number of carbonyl (C=O) groups is 1. The van der Waals surface area contributed by atoms with Gasteiger partial charge in [0.15, 0.2) is 0 Å². The van der Waals surface area contributed by atoms with E-state index in [-0.39, 0.29) is 5.91 Å². The van der Waals surface area contributed by atoms with E-state index >= 15 is 0 Å². The van der Waals surface area contributed by atoms with Crippen LogP contribution in [-0.2, 0) is 0 Å². The molecule has 0 unspecified atom stereocenters. The first-order valence-corrected chi connectivity index (χ1v) is 4.76. The maximum Gasteiger partial charge on any atom is 0.288 e. The Labute approximate surface area is 83.6 Å². The van der Waals surface area contributed by atoms with E-state index in [9.17, 15) is 4.79 Å². The second-order valence-corrected chi connectivity index (χ2v) is 4.07. The van der Waals surface area contributed by atoms with Gasteiger partial charge >= 0.3 is 0 Å². The van der Waals surface area contributed by atoms with Gasteiger partial charge in [-0.05, 0) is 18.2 Å². The Balaban J connectivity index is 2.33. The topological polar surface area (TPSA) is 34.9 Å². The molecule has 2 aromatic rings. The van der Waals surface area contributed by atoms with E-state index in [1.54, 1.807) is 30.6 Å². The van der Waals surface area contributed by atoms with Gasteiger partial charge in [-0.15, -0.1) is 11.3 Å². The molecular formula is C8H5ClN2OS. The smallest absolute Gasteiger partial charge is 0.266 e. The quantitative estimate of drug-likeness (QED) is 0.727. The van der Waals surface area contributed by atoms with Crippen molar-refractivity contribution in [3.05, 3.63) is 39.8 Å². The predicted octanol–water partition coefficient (Wildman–Crippen LogP) is 2.29. The molecule has 0 saturated heterocycles. The Morgan fingerprint density at radius 3 is 2.92 bits per heavy atom. The minimum atomic E-state index is -0.151. The Morgan fingerprint density at radius 2 is 2.38 bits per heavy atom. The summed E-state index contributed by atoms with van der Waals surface area (Å²) in [6.07, 6.45) is 3.17. The van der Waals surface area contributed by atoms with E-state index in [0.29, 0.717) is 9.21 Å². The standard InChI is InChI=1S/C8H5ClN2OS/c9-7-3-2-6(13-7)8(12)11-5-1-4-10-11/h1-5H. The number of hydrogen-bond acceptors (Lipinski definition) is 3. The summed E-state index contributed by atoms with van der Waals surface area (Å²) >= 11 is 6.95. The molecule has 3 nitrogen and oxygen atoms in total. The number of aromatic nitrogens is 2. The van der Waals surface area contributed by atoms with Crippen molar-refractivity contribution in [2.24, 2.45) is 0 Å². The summed E-state index contributed by atoms with van der Waals surface area (Å²) in [4.78, 5) is 12.2. The van der Waals surface area contributed by atoms with Crippen LogP contribution in [0, 0.1) is 0 Å². The van der Waals surface area contributed by atoms with Crippen molar-refractivity contribution >= 4 is 28.8 Å². The van der Waals surface area contributed by atoms with Gasteiger partial charge in [0.2, 0.25) is 0 Å². The van der Waals surface area contributed by atoms with Gasteiger partial charge in [-0.1, -0.05) is 11.6 Å². The van der Waals surface area contributed by atoms with Crippen LogP contribution in [0.4, 0.5) is 0 Å². The molecule has 0 atom stereocenters. The lowest BCUT2D eigenvalue weighted by molar-refractivity contribution is 0.0949. The van der Waals surface area contributed by atoms with E-state index in [1.807, 2.05) is 0 Å². The van der Waals surface area contributed by atoms with E-state index in [1.165, 1.54) is 16.0 Å². The maximum absolute atomic E-state index is 11.6. The Morgan fingerprint density at radius 1 is 1.54 bits per heavy atom. The Kier molecular flexibility index (Phi) is 2.16. The molecule has 0 aliphatic rings. The summed E-state index contributed by atoms with van der Waals surface area (Å²) in [5.74, 6) is -0.151. The van der Waals surface area contributed by atoms with Crippen molar-refractivity contribution < 1.29 is 4.79 Å². The zero-order valence-corrected chi connectivity index (χ0v) is 8.05. The first-order valence-electron chi connectivity index (χ1n) is 3.57. The predicted molar refractivity (Wildman–Crippen MR) is 51.3 cm³/mol. The largest absolute Gasteiger partial charge is 0.288 e. The average molecular weight is 213 g/mol. The van der Waals surface area contributed by atoms with Crippen molar-refractivity contribution in [3.8, 4) is 0 Å². The third-order valence-corrected chi connectivity index (χ3v) is 2.72. The second kappa shape index (κ2) is 3.32. The van der Waals surface area contributed by atoms with E-state index in [0.717, 1.165) is 0 Å². The molecule has 2 aromatic heterocycles. The molecule has 2 rings (SSSR count). The highest BCUT2D eigenvalue weighted by atomic mass is 35.5. The van der Waals surface area contributed by atoms with Crippen LogP contribution >= 0.6 is 22.9 Å². The maximum atomic E-state index is 11.6. The molecule has 0 aromatic carbocycles. The van der Waals surface area contributed by atoms with Gasteiger partial charge in [0.25, 0.3) is 5.91 Å². The third-order valence-electron chi connectivity index (χ3n) is 1.50. The molecule has 66 valence electrons. The van der Waals surface area contributed by atoms with Crippen LogP contribution in [0.5, 0.6) is 0 Å². The van der Waals surface area contributed by atoms with Gasteiger partial charge < -0.3 is 0 Å². The highest BCUT2D eigenvalue weighted by Crippen LogP contribution is 2.21. The van der Waals surface area contributed by atoms with Crippen molar-refractivity contribution in [2.45, 2.75) is 0 Å². The molecule has 13 heavy (non-hydrogen) atoms. The van der Waals surface area contributed by atoms with Gasteiger partial charge in [0.05, 0.1) is 9.21 Å².